The number of ether oxygens (including phenoxy) is 3. The number of phenols is 3. The van der Waals surface area contributed by atoms with Gasteiger partial charge >= 0.3 is 5.97 Å². The molecule has 1 saturated heterocycles. The number of hydrogen-bond donors (Lipinski definition) is 6. The molecule has 224 valence electrons. The summed E-state index contributed by atoms with van der Waals surface area (Å²) in [6.45, 7) is 1.30. The zero-order valence-corrected chi connectivity index (χ0v) is 22.7. The topological polar surface area (TPSA) is 196 Å². The fourth-order valence-corrected chi connectivity index (χ4v) is 4.50. The van der Waals surface area contributed by atoms with E-state index in [0.717, 1.165) is 23.8 Å². The Labute approximate surface area is 243 Å². The average Bonchev–Trinajstić information content (AvgIpc) is 2.97. The van der Waals surface area contributed by atoms with Crippen LogP contribution in [0.15, 0.2) is 76.0 Å². The van der Waals surface area contributed by atoms with Gasteiger partial charge in [-0.15, -0.1) is 0 Å². The predicted molar refractivity (Wildman–Crippen MR) is 151 cm³/mol. The van der Waals surface area contributed by atoms with Crippen molar-refractivity contribution in [3.63, 3.8) is 0 Å². The van der Waals surface area contributed by atoms with Crippen LogP contribution >= 0.6 is 0 Å². The first-order valence-corrected chi connectivity index (χ1v) is 13.1. The van der Waals surface area contributed by atoms with Crippen molar-refractivity contribution in [1.82, 2.24) is 0 Å². The van der Waals surface area contributed by atoms with Crippen molar-refractivity contribution in [2.24, 2.45) is 0 Å². The molecule has 3 aromatic carbocycles. The third kappa shape index (κ3) is 6.32. The highest BCUT2D eigenvalue weighted by Crippen LogP contribution is 2.37. The molecule has 0 saturated carbocycles. The monoisotopic (exact) mass is 592 g/mol. The Bertz CT molecular complexity index is 1710. The van der Waals surface area contributed by atoms with E-state index in [4.69, 9.17) is 18.6 Å². The van der Waals surface area contributed by atoms with Crippen LogP contribution in [0.4, 0.5) is 0 Å². The van der Waals surface area contributed by atoms with Gasteiger partial charge in [0.25, 0.3) is 0 Å². The molecular weight excluding hydrogens is 564 g/mol. The van der Waals surface area contributed by atoms with E-state index in [1.54, 1.807) is 36.4 Å². The first-order valence-electron chi connectivity index (χ1n) is 13.1. The molecule has 0 amide bonds. The molecule has 1 fully saturated rings. The number of aryl methyl sites for hydroxylation is 1. The lowest BCUT2D eigenvalue weighted by Gasteiger charge is -2.39. The van der Waals surface area contributed by atoms with Gasteiger partial charge in [0.15, 0.2) is 5.76 Å². The van der Waals surface area contributed by atoms with Crippen molar-refractivity contribution in [2.75, 3.05) is 6.61 Å². The van der Waals surface area contributed by atoms with Gasteiger partial charge in [-0.1, -0.05) is 42.0 Å². The van der Waals surface area contributed by atoms with E-state index in [-0.39, 0.29) is 28.2 Å². The fraction of sp³-hybridized carbons (Fsp3) is 0.226. The van der Waals surface area contributed by atoms with Crippen LogP contribution in [0.1, 0.15) is 11.1 Å². The molecule has 1 aliphatic heterocycles. The third-order valence-electron chi connectivity index (χ3n) is 6.83. The number of aliphatic hydroxyl groups excluding tert-OH is 3. The standard InChI is InChI=1S/C31H28O12/c1-15-2-7-17(8-3-15)29-30(26(37)24-20(34)12-19(33)13-21(24)41-29)43-31-28(39)27(38)25(36)22(42-31)14-40-23(35)11-6-16-4-9-18(32)10-5-16/h2-13,22,25,27-28,31-34,36,38-39H,14H2,1H3/b11-6+/t22?,25-,27-,28?,31+/m1/s1. The second-order valence-corrected chi connectivity index (χ2v) is 9.98. The summed E-state index contributed by atoms with van der Waals surface area (Å²) >= 11 is 0. The summed E-state index contributed by atoms with van der Waals surface area (Å²) in [4.78, 5) is 25.9. The van der Waals surface area contributed by atoms with Crippen molar-refractivity contribution in [1.29, 1.82) is 0 Å². The molecular formula is C31H28O12. The van der Waals surface area contributed by atoms with E-state index in [0.29, 0.717) is 11.1 Å². The molecule has 43 heavy (non-hydrogen) atoms. The Kier molecular flexibility index (Phi) is 8.37. The van der Waals surface area contributed by atoms with Gasteiger partial charge in [-0.05, 0) is 30.7 Å². The minimum atomic E-state index is -1.86. The van der Waals surface area contributed by atoms with Crippen LogP contribution in [0.2, 0.25) is 0 Å². The molecule has 6 N–H and O–H groups in total. The molecule has 4 aromatic rings. The lowest BCUT2D eigenvalue weighted by Crippen LogP contribution is -2.60. The zero-order valence-electron chi connectivity index (χ0n) is 22.7. The maximum atomic E-state index is 13.6. The highest BCUT2D eigenvalue weighted by atomic mass is 16.7. The number of esters is 1. The fourth-order valence-electron chi connectivity index (χ4n) is 4.50. The Balaban J connectivity index is 1.42. The maximum Gasteiger partial charge on any atom is 0.330 e. The predicted octanol–water partition coefficient (Wildman–Crippen LogP) is 2.33. The number of phenolic OH excluding ortho intramolecular Hbond substituents is 3. The van der Waals surface area contributed by atoms with E-state index in [9.17, 15) is 40.2 Å². The van der Waals surface area contributed by atoms with Crippen LogP contribution in [0.5, 0.6) is 23.0 Å². The van der Waals surface area contributed by atoms with Crippen LogP contribution in [0, 0.1) is 6.92 Å². The van der Waals surface area contributed by atoms with Gasteiger partial charge in [-0.3, -0.25) is 4.79 Å². The molecule has 0 spiro atoms. The highest BCUT2D eigenvalue weighted by molar-refractivity contribution is 5.88. The molecule has 12 heteroatoms. The van der Waals surface area contributed by atoms with E-state index in [2.05, 4.69) is 0 Å². The van der Waals surface area contributed by atoms with Gasteiger partial charge in [0.05, 0.1) is 0 Å². The van der Waals surface area contributed by atoms with Crippen molar-refractivity contribution < 1.29 is 54.1 Å². The molecule has 0 radical (unpaired) electrons. The molecule has 2 unspecified atom stereocenters. The van der Waals surface area contributed by atoms with Crippen LogP contribution in [-0.2, 0) is 14.3 Å². The van der Waals surface area contributed by atoms with Crippen molar-refractivity contribution >= 4 is 23.0 Å². The van der Waals surface area contributed by atoms with Gasteiger partial charge in [-0.2, -0.15) is 0 Å². The van der Waals surface area contributed by atoms with Crippen molar-refractivity contribution in [3.05, 3.63) is 88.1 Å². The number of hydrogen-bond acceptors (Lipinski definition) is 12. The minimum absolute atomic E-state index is 0.0595. The van der Waals surface area contributed by atoms with Gasteiger partial charge in [0, 0.05) is 23.8 Å². The molecule has 12 nitrogen and oxygen atoms in total. The van der Waals surface area contributed by atoms with Gasteiger partial charge in [0.2, 0.25) is 17.5 Å². The third-order valence-corrected chi connectivity index (χ3v) is 6.83. The van der Waals surface area contributed by atoms with Crippen molar-refractivity contribution in [3.8, 4) is 34.3 Å². The molecule has 1 aromatic heterocycles. The van der Waals surface area contributed by atoms with E-state index < -0.39 is 60.2 Å². The van der Waals surface area contributed by atoms with E-state index >= 15 is 0 Å². The van der Waals surface area contributed by atoms with E-state index in [1.807, 2.05) is 6.92 Å². The smallest absolute Gasteiger partial charge is 0.330 e. The first kappa shape index (κ1) is 29.6. The second-order valence-electron chi connectivity index (χ2n) is 9.98. The Morgan fingerprint density at radius 2 is 1.60 bits per heavy atom. The minimum Gasteiger partial charge on any atom is -0.508 e. The summed E-state index contributed by atoms with van der Waals surface area (Å²) in [5.41, 5.74) is 0.877. The van der Waals surface area contributed by atoms with Crippen LogP contribution < -0.4 is 10.2 Å². The molecule has 2 heterocycles. The summed E-state index contributed by atoms with van der Waals surface area (Å²) in [6.07, 6.45) is -5.96. The normalized spacial score (nSPS) is 22.1. The van der Waals surface area contributed by atoms with E-state index in [1.165, 1.54) is 18.2 Å². The highest BCUT2D eigenvalue weighted by Gasteiger charge is 2.46. The Morgan fingerprint density at radius 1 is 0.907 bits per heavy atom. The van der Waals surface area contributed by atoms with Crippen LogP contribution in [0.3, 0.4) is 0 Å². The summed E-state index contributed by atoms with van der Waals surface area (Å²) in [5.74, 6) is -2.30. The largest absolute Gasteiger partial charge is 0.508 e. The number of rotatable bonds is 7. The molecule has 1 aliphatic rings. The summed E-state index contributed by atoms with van der Waals surface area (Å²) in [6, 6.07) is 14.9. The molecule has 5 atom stereocenters. The zero-order chi connectivity index (χ0) is 30.8. The van der Waals surface area contributed by atoms with Crippen molar-refractivity contribution in [2.45, 2.75) is 37.6 Å². The lowest BCUT2D eigenvalue weighted by atomic mass is 9.99. The number of aliphatic hydroxyl groups is 3. The van der Waals surface area contributed by atoms with Gasteiger partial charge in [-0.25, -0.2) is 4.79 Å². The molecule has 0 aliphatic carbocycles. The number of carbonyl (C=O) groups excluding carboxylic acids is 1. The Hall–Kier alpha value is -4.88. The Morgan fingerprint density at radius 3 is 2.30 bits per heavy atom. The summed E-state index contributed by atoms with van der Waals surface area (Å²) in [5, 5.41) is 61.1. The molecule has 0 bridgehead atoms. The maximum absolute atomic E-state index is 13.6. The average molecular weight is 593 g/mol. The number of benzene rings is 3. The number of carbonyl (C=O) groups is 1. The quantitative estimate of drug-likeness (QED) is 0.136. The van der Waals surface area contributed by atoms with Gasteiger partial charge < -0.3 is 49.3 Å². The van der Waals surface area contributed by atoms with Crippen LogP contribution in [-0.4, -0.2) is 73.9 Å². The summed E-state index contributed by atoms with van der Waals surface area (Å²) in [7, 11) is 0. The second kappa shape index (κ2) is 12.2. The van der Waals surface area contributed by atoms with Crippen LogP contribution in [0.25, 0.3) is 28.4 Å². The number of aromatic hydroxyl groups is 3. The SMILES string of the molecule is Cc1ccc(-c2oc3cc(O)cc(O)c3c(=O)c2O[C@@H]2OC(COC(=O)/C=C/c3ccc(O)cc3)[C@@H](O)[C@@H](O)C2O)cc1. The summed E-state index contributed by atoms with van der Waals surface area (Å²) < 4.78 is 22.4. The number of fused-ring (bicyclic) bond motifs is 1. The van der Waals surface area contributed by atoms with Gasteiger partial charge in [0.1, 0.15) is 59.2 Å². The first-order chi connectivity index (χ1) is 20.5. The molecule has 5 rings (SSSR count). The lowest BCUT2D eigenvalue weighted by molar-refractivity contribution is -0.278.